The molecule has 1 heterocycles. The van der Waals surface area contributed by atoms with E-state index < -0.39 is 0 Å². The van der Waals surface area contributed by atoms with Crippen molar-refractivity contribution in [2.75, 3.05) is 7.11 Å². The molecule has 0 saturated heterocycles. The molecule has 0 radical (unpaired) electrons. The SMILES string of the molecule is COc1cc(Oc2cc(CN)ccc2C)ccn1. The Kier molecular flexibility index (Phi) is 3.79. The molecule has 1 aromatic carbocycles. The van der Waals surface area contributed by atoms with E-state index in [-0.39, 0.29) is 0 Å². The number of ether oxygens (including phenoxy) is 2. The lowest BCUT2D eigenvalue weighted by Gasteiger charge is -2.10. The molecule has 0 aliphatic rings. The Balaban J connectivity index is 2.27. The van der Waals surface area contributed by atoms with Gasteiger partial charge in [0.05, 0.1) is 7.11 Å². The van der Waals surface area contributed by atoms with Crippen molar-refractivity contribution in [1.82, 2.24) is 4.98 Å². The second kappa shape index (κ2) is 5.51. The van der Waals surface area contributed by atoms with Crippen molar-refractivity contribution in [1.29, 1.82) is 0 Å². The Morgan fingerprint density at radius 3 is 2.78 bits per heavy atom. The molecule has 0 fully saturated rings. The molecule has 0 atom stereocenters. The molecule has 0 saturated carbocycles. The van der Waals surface area contributed by atoms with E-state index in [9.17, 15) is 0 Å². The summed E-state index contributed by atoms with van der Waals surface area (Å²) in [5.41, 5.74) is 7.72. The predicted molar refractivity (Wildman–Crippen MR) is 69.9 cm³/mol. The van der Waals surface area contributed by atoms with Crippen molar-refractivity contribution in [3.63, 3.8) is 0 Å². The first-order valence-electron chi connectivity index (χ1n) is 5.70. The van der Waals surface area contributed by atoms with Crippen molar-refractivity contribution < 1.29 is 9.47 Å². The van der Waals surface area contributed by atoms with Gasteiger partial charge in [-0.1, -0.05) is 12.1 Å². The number of methoxy groups -OCH3 is 1. The van der Waals surface area contributed by atoms with Gasteiger partial charge in [-0.05, 0) is 30.2 Å². The monoisotopic (exact) mass is 244 g/mol. The molecule has 0 unspecified atom stereocenters. The third-order valence-electron chi connectivity index (χ3n) is 2.63. The van der Waals surface area contributed by atoms with Crippen LogP contribution in [0, 0.1) is 6.92 Å². The number of aryl methyl sites for hydroxylation is 1. The summed E-state index contributed by atoms with van der Waals surface area (Å²) in [6, 6.07) is 9.47. The summed E-state index contributed by atoms with van der Waals surface area (Å²) in [4.78, 5) is 4.03. The number of benzene rings is 1. The number of pyridine rings is 1. The van der Waals surface area contributed by atoms with Gasteiger partial charge in [0.25, 0.3) is 0 Å². The number of nitrogens with zero attached hydrogens (tertiary/aromatic N) is 1. The van der Waals surface area contributed by atoms with E-state index in [1.54, 1.807) is 25.4 Å². The highest BCUT2D eigenvalue weighted by molar-refractivity contribution is 5.40. The van der Waals surface area contributed by atoms with E-state index in [4.69, 9.17) is 15.2 Å². The first-order chi connectivity index (χ1) is 8.72. The maximum Gasteiger partial charge on any atom is 0.216 e. The van der Waals surface area contributed by atoms with E-state index in [2.05, 4.69) is 4.98 Å². The van der Waals surface area contributed by atoms with Crippen molar-refractivity contribution >= 4 is 0 Å². The summed E-state index contributed by atoms with van der Waals surface area (Å²) in [5.74, 6) is 2.02. The van der Waals surface area contributed by atoms with Gasteiger partial charge in [-0.25, -0.2) is 4.98 Å². The van der Waals surface area contributed by atoms with Crippen LogP contribution in [-0.2, 0) is 6.54 Å². The van der Waals surface area contributed by atoms with E-state index in [0.717, 1.165) is 16.9 Å². The lowest BCUT2D eigenvalue weighted by atomic mass is 10.1. The zero-order chi connectivity index (χ0) is 13.0. The zero-order valence-corrected chi connectivity index (χ0v) is 10.5. The second-order valence-corrected chi connectivity index (χ2v) is 3.94. The van der Waals surface area contributed by atoms with Crippen LogP contribution in [0.1, 0.15) is 11.1 Å². The molecule has 2 aromatic rings. The van der Waals surface area contributed by atoms with Crippen LogP contribution >= 0.6 is 0 Å². The number of aromatic nitrogens is 1. The molecule has 1 aromatic heterocycles. The highest BCUT2D eigenvalue weighted by Crippen LogP contribution is 2.27. The molecular formula is C14H16N2O2. The van der Waals surface area contributed by atoms with Crippen molar-refractivity contribution in [3.8, 4) is 17.4 Å². The molecule has 0 amide bonds. The number of rotatable bonds is 4. The lowest BCUT2D eigenvalue weighted by molar-refractivity contribution is 0.392. The average Bonchev–Trinajstić information content (AvgIpc) is 2.41. The second-order valence-electron chi connectivity index (χ2n) is 3.94. The van der Waals surface area contributed by atoms with Gasteiger partial charge in [0, 0.05) is 18.8 Å². The normalized spacial score (nSPS) is 10.2. The van der Waals surface area contributed by atoms with Crippen LogP contribution in [0.3, 0.4) is 0 Å². The summed E-state index contributed by atoms with van der Waals surface area (Å²) in [6.45, 7) is 2.49. The fourth-order valence-corrected chi connectivity index (χ4v) is 1.57. The van der Waals surface area contributed by atoms with Crippen LogP contribution in [-0.4, -0.2) is 12.1 Å². The van der Waals surface area contributed by atoms with Crippen LogP contribution in [0.15, 0.2) is 36.5 Å². The van der Waals surface area contributed by atoms with Crippen LogP contribution in [0.5, 0.6) is 17.4 Å². The third-order valence-corrected chi connectivity index (χ3v) is 2.63. The van der Waals surface area contributed by atoms with Crippen molar-refractivity contribution in [2.45, 2.75) is 13.5 Å². The van der Waals surface area contributed by atoms with Gasteiger partial charge in [0.15, 0.2) is 0 Å². The van der Waals surface area contributed by atoms with Gasteiger partial charge in [0.2, 0.25) is 5.88 Å². The highest BCUT2D eigenvalue weighted by Gasteiger charge is 2.04. The highest BCUT2D eigenvalue weighted by atomic mass is 16.5. The minimum atomic E-state index is 0.496. The lowest BCUT2D eigenvalue weighted by Crippen LogP contribution is -1.97. The van der Waals surface area contributed by atoms with E-state index >= 15 is 0 Å². The molecule has 0 bridgehead atoms. The molecule has 0 spiro atoms. The van der Waals surface area contributed by atoms with Gasteiger partial charge < -0.3 is 15.2 Å². The Morgan fingerprint density at radius 1 is 1.22 bits per heavy atom. The summed E-state index contributed by atoms with van der Waals surface area (Å²) in [5, 5.41) is 0. The van der Waals surface area contributed by atoms with Gasteiger partial charge in [-0.15, -0.1) is 0 Å². The molecule has 18 heavy (non-hydrogen) atoms. The maximum atomic E-state index is 5.82. The van der Waals surface area contributed by atoms with Gasteiger partial charge in [-0.3, -0.25) is 0 Å². The van der Waals surface area contributed by atoms with Crippen molar-refractivity contribution in [3.05, 3.63) is 47.7 Å². The summed E-state index contributed by atoms with van der Waals surface area (Å²) in [6.07, 6.45) is 1.65. The van der Waals surface area contributed by atoms with E-state index in [1.165, 1.54) is 0 Å². The van der Waals surface area contributed by atoms with Gasteiger partial charge in [-0.2, -0.15) is 0 Å². The molecule has 2 rings (SSSR count). The molecule has 4 heteroatoms. The number of nitrogens with two attached hydrogens (primary N) is 1. The number of hydrogen-bond donors (Lipinski definition) is 1. The molecule has 0 aliphatic carbocycles. The van der Waals surface area contributed by atoms with Gasteiger partial charge >= 0.3 is 0 Å². The average molecular weight is 244 g/mol. The standard InChI is InChI=1S/C14H16N2O2/c1-10-3-4-11(9-15)7-13(10)18-12-5-6-16-14(8-12)17-2/h3-8H,9,15H2,1-2H3. The van der Waals surface area contributed by atoms with Crippen LogP contribution < -0.4 is 15.2 Å². The number of hydrogen-bond acceptors (Lipinski definition) is 4. The molecule has 0 aliphatic heterocycles. The fraction of sp³-hybridized carbons (Fsp3) is 0.214. The smallest absolute Gasteiger partial charge is 0.216 e. The van der Waals surface area contributed by atoms with E-state index in [1.807, 2.05) is 25.1 Å². The predicted octanol–water partition coefficient (Wildman–Crippen LogP) is 2.65. The largest absolute Gasteiger partial charge is 0.481 e. The van der Waals surface area contributed by atoms with Crippen LogP contribution in [0.25, 0.3) is 0 Å². The fourth-order valence-electron chi connectivity index (χ4n) is 1.57. The Hall–Kier alpha value is -2.07. The third kappa shape index (κ3) is 2.78. The minimum Gasteiger partial charge on any atom is -0.481 e. The molecular weight excluding hydrogens is 228 g/mol. The molecule has 94 valence electrons. The summed E-state index contributed by atoms with van der Waals surface area (Å²) >= 11 is 0. The van der Waals surface area contributed by atoms with E-state index in [0.29, 0.717) is 18.2 Å². The topological polar surface area (TPSA) is 57.4 Å². The summed E-state index contributed by atoms with van der Waals surface area (Å²) in [7, 11) is 1.58. The minimum absolute atomic E-state index is 0.496. The Bertz CT molecular complexity index is 541. The quantitative estimate of drug-likeness (QED) is 0.898. The van der Waals surface area contributed by atoms with Crippen LogP contribution in [0.2, 0.25) is 0 Å². The van der Waals surface area contributed by atoms with Crippen molar-refractivity contribution in [2.24, 2.45) is 5.73 Å². The first kappa shape index (κ1) is 12.4. The van der Waals surface area contributed by atoms with Gasteiger partial charge in [0.1, 0.15) is 11.5 Å². The molecule has 4 nitrogen and oxygen atoms in total. The first-order valence-corrected chi connectivity index (χ1v) is 5.70. The Morgan fingerprint density at radius 2 is 2.06 bits per heavy atom. The summed E-state index contributed by atoms with van der Waals surface area (Å²) < 4.78 is 10.9. The zero-order valence-electron chi connectivity index (χ0n) is 10.5. The van der Waals surface area contributed by atoms with Crippen LogP contribution in [0.4, 0.5) is 0 Å². The molecule has 2 N–H and O–H groups in total. The maximum absolute atomic E-state index is 5.82. The Labute approximate surface area is 106 Å².